The van der Waals surface area contributed by atoms with Gasteiger partial charge in [0, 0.05) is 19.6 Å². The van der Waals surface area contributed by atoms with Gasteiger partial charge in [-0.3, -0.25) is 4.79 Å². The standard InChI is InChI=1S/C19H26N2O5/c1-21(19(23)20-14-6-4-3-5-7-14)9-8-13-10-16-18(26-12-25-16)17(24-2)15(13)11-22/h10-11,14H,3-9,12H2,1-2H3,(H,20,23). The van der Waals surface area contributed by atoms with Crippen LogP contribution in [0.15, 0.2) is 6.07 Å². The van der Waals surface area contributed by atoms with Gasteiger partial charge >= 0.3 is 6.03 Å². The number of carbonyl (C=O) groups is 2. The summed E-state index contributed by atoms with van der Waals surface area (Å²) in [5, 5.41) is 3.10. The molecule has 142 valence electrons. The Hall–Kier alpha value is -2.44. The molecule has 7 nitrogen and oxygen atoms in total. The second kappa shape index (κ2) is 8.29. The first kappa shape index (κ1) is 18.4. The molecule has 2 aliphatic rings. The molecule has 1 saturated carbocycles. The molecule has 0 bridgehead atoms. The Balaban J connectivity index is 1.65. The van der Waals surface area contributed by atoms with E-state index >= 15 is 0 Å². The van der Waals surface area contributed by atoms with Crippen molar-refractivity contribution in [1.82, 2.24) is 10.2 Å². The van der Waals surface area contributed by atoms with Crippen LogP contribution in [-0.4, -0.2) is 50.8 Å². The zero-order valence-corrected chi connectivity index (χ0v) is 15.4. The van der Waals surface area contributed by atoms with E-state index < -0.39 is 0 Å². The SMILES string of the molecule is COc1c(C=O)c(CCN(C)C(=O)NC2CCCCC2)cc2c1OCO2. The fourth-order valence-electron chi connectivity index (χ4n) is 3.54. The number of aldehydes is 1. The van der Waals surface area contributed by atoms with Gasteiger partial charge in [0.1, 0.15) is 0 Å². The Morgan fingerprint density at radius 2 is 2.12 bits per heavy atom. The van der Waals surface area contributed by atoms with Gasteiger partial charge in [-0.15, -0.1) is 0 Å². The summed E-state index contributed by atoms with van der Waals surface area (Å²) in [5.74, 6) is 1.41. The molecule has 1 aromatic carbocycles. The third-order valence-corrected chi connectivity index (χ3v) is 5.06. The maximum Gasteiger partial charge on any atom is 0.317 e. The van der Waals surface area contributed by atoms with Gasteiger partial charge in [0.15, 0.2) is 17.8 Å². The van der Waals surface area contributed by atoms with E-state index in [-0.39, 0.29) is 18.9 Å². The lowest BCUT2D eigenvalue weighted by atomic mass is 9.96. The summed E-state index contributed by atoms with van der Waals surface area (Å²) in [6.45, 7) is 0.597. The second-order valence-corrected chi connectivity index (χ2v) is 6.79. The number of hydrogen-bond donors (Lipinski definition) is 1. The number of ether oxygens (including phenoxy) is 3. The van der Waals surface area contributed by atoms with Crippen LogP contribution in [0.25, 0.3) is 0 Å². The molecule has 26 heavy (non-hydrogen) atoms. The molecule has 0 radical (unpaired) electrons. The highest BCUT2D eigenvalue weighted by Crippen LogP contribution is 2.44. The smallest absolute Gasteiger partial charge is 0.317 e. The van der Waals surface area contributed by atoms with E-state index in [2.05, 4.69) is 5.32 Å². The lowest BCUT2D eigenvalue weighted by Gasteiger charge is -2.26. The molecule has 1 aromatic rings. The maximum absolute atomic E-state index is 12.4. The van der Waals surface area contributed by atoms with Crippen molar-refractivity contribution >= 4 is 12.3 Å². The number of likely N-dealkylation sites (N-methyl/N-ethyl adjacent to an activating group) is 1. The Bertz CT molecular complexity index is 670. The van der Waals surface area contributed by atoms with Crippen LogP contribution in [0.2, 0.25) is 0 Å². The highest BCUT2D eigenvalue weighted by Gasteiger charge is 2.25. The van der Waals surface area contributed by atoms with Crippen LogP contribution in [0.5, 0.6) is 17.2 Å². The quantitative estimate of drug-likeness (QED) is 0.788. The zero-order valence-electron chi connectivity index (χ0n) is 15.4. The van der Waals surface area contributed by atoms with Crippen LogP contribution in [-0.2, 0) is 6.42 Å². The number of rotatable bonds is 6. The van der Waals surface area contributed by atoms with Crippen LogP contribution >= 0.6 is 0 Å². The number of nitrogens with one attached hydrogen (secondary N) is 1. The predicted octanol–water partition coefficient (Wildman–Crippen LogP) is 2.75. The first-order valence-electron chi connectivity index (χ1n) is 9.10. The summed E-state index contributed by atoms with van der Waals surface area (Å²) < 4.78 is 16.2. The number of benzene rings is 1. The average Bonchev–Trinajstić information content (AvgIpc) is 3.13. The molecule has 0 saturated heterocycles. The summed E-state index contributed by atoms with van der Waals surface area (Å²) in [4.78, 5) is 25.6. The van der Waals surface area contributed by atoms with Crippen molar-refractivity contribution in [2.75, 3.05) is 27.5 Å². The summed E-state index contributed by atoms with van der Waals surface area (Å²) in [6.07, 6.45) is 6.99. The van der Waals surface area contributed by atoms with E-state index in [4.69, 9.17) is 14.2 Å². The normalized spacial score (nSPS) is 16.2. The molecule has 1 fully saturated rings. The van der Waals surface area contributed by atoms with Crippen molar-refractivity contribution in [2.24, 2.45) is 0 Å². The molecule has 0 unspecified atom stereocenters. The van der Waals surface area contributed by atoms with E-state index in [0.29, 0.717) is 35.8 Å². The largest absolute Gasteiger partial charge is 0.492 e. The molecule has 7 heteroatoms. The number of methoxy groups -OCH3 is 1. The van der Waals surface area contributed by atoms with Crippen molar-refractivity contribution in [3.05, 3.63) is 17.2 Å². The van der Waals surface area contributed by atoms with Gasteiger partial charge in [-0.05, 0) is 30.9 Å². The third-order valence-electron chi connectivity index (χ3n) is 5.06. The monoisotopic (exact) mass is 362 g/mol. The molecule has 1 heterocycles. The summed E-state index contributed by atoms with van der Waals surface area (Å²) in [6, 6.07) is 1.99. The van der Waals surface area contributed by atoms with Gasteiger partial charge in [-0.25, -0.2) is 4.79 Å². The zero-order chi connectivity index (χ0) is 18.5. The van der Waals surface area contributed by atoms with Crippen LogP contribution in [0, 0.1) is 0 Å². The van der Waals surface area contributed by atoms with Crippen LogP contribution in [0.3, 0.4) is 0 Å². The van der Waals surface area contributed by atoms with Crippen molar-refractivity contribution < 1.29 is 23.8 Å². The minimum Gasteiger partial charge on any atom is -0.492 e. The molecule has 0 atom stereocenters. The first-order valence-corrected chi connectivity index (χ1v) is 9.10. The van der Waals surface area contributed by atoms with Crippen molar-refractivity contribution in [3.8, 4) is 17.2 Å². The topological polar surface area (TPSA) is 77.1 Å². The molecular weight excluding hydrogens is 336 g/mol. The molecule has 1 aliphatic carbocycles. The fraction of sp³-hybridized carbons (Fsp3) is 0.579. The van der Waals surface area contributed by atoms with Gasteiger partial charge in [0.25, 0.3) is 0 Å². The Labute approximate surface area is 153 Å². The number of amides is 2. The van der Waals surface area contributed by atoms with E-state index in [1.807, 2.05) is 0 Å². The molecule has 2 amide bonds. The van der Waals surface area contributed by atoms with Crippen molar-refractivity contribution in [3.63, 3.8) is 0 Å². The maximum atomic E-state index is 12.4. The minimum atomic E-state index is -0.0720. The molecule has 0 spiro atoms. The van der Waals surface area contributed by atoms with Gasteiger partial charge in [0.2, 0.25) is 12.5 Å². The van der Waals surface area contributed by atoms with Crippen LogP contribution in [0.4, 0.5) is 4.79 Å². The average molecular weight is 362 g/mol. The fourth-order valence-corrected chi connectivity index (χ4v) is 3.54. The van der Waals surface area contributed by atoms with E-state index in [9.17, 15) is 9.59 Å². The molecule has 3 rings (SSSR count). The number of nitrogens with zero attached hydrogens (tertiary/aromatic N) is 1. The first-order chi connectivity index (χ1) is 12.6. The van der Waals surface area contributed by atoms with Gasteiger partial charge in [-0.2, -0.15) is 0 Å². The lowest BCUT2D eigenvalue weighted by Crippen LogP contribution is -2.44. The van der Waals surface area contributed by atoms with E-state index in [1.165, 1.54) is 26.4 Å². The number of hydrogen-bond acceptors (Lipinski definition) is 5. The molecule has 1 aliphatic heterocycles. The second-order valence-electron chi connectivity index (χ2n) is 6.79. The summed E-state index contributed by atoms with van der Waals surface area (Å²) in [5.41, 5.74) is 1.22. The van der Waals surface area contributed by atoms with Gasteiger partial charge in [0.05, 0.1) is 12.7 Å². The van der Waals surface area contributed by atoms with Gasteiger partial charge in [-0.1, -0.05) is 19.3 Å². The van der Waals surface area contributed by atoms with Crippen LogP contribution in [0.1, 0.15) is 48.0 Å². The number of carbonyl (C=O) groups excluding carboxylic acids is 2. The Morgan fingerprint density at radius 3 is 2.81 bits per heavy atom. The summed E-state index contributed by atoms with van der Waals surface area (Å²) in [7, 11) is 3.26. The number of fused-ring (bicyclic) bond motifs is 1. The highest BCUT2D eigenvalue weighted by atomic mass is 16.7. The molecular formula is C19H26N2O5. The number of urea groups is 1. The highest BCUT2D eigenvalue weighted by molar-refractivity contribution is 5.85. The molecule has 1 N–H and O–H groups in total. The summed E-state index contributed by atoms with van der Waals surface area (Å²) >= 11 is 0. The Morgan fingerprint density at radius 1 is 1.35 bits per heavy atom. The molecule has 0 aromatic heterocycles. The van der Waals surface area contributed by atoms with Crippen LogP contribution < -0.4 is 19.5 Å². The van der Waals surface area contributed by atoms with E-state index in [1.54, 1.807) is 18.0 Å². The lowest BCUT2D eigenvalue weighted by molar-refractivity contribution is 0.111. The van der Waals surface area contributed by atoms with Gasteiger partial charge < -0.3 is 24.4 Å². The van der Waals surface area contributed by atoms with Crippen molar-refractivity contribution in [1.29, 1.82) is 0 Å². The predicted molar refractivity (Wildman–Crippen MR) is 96.2 cm³/mol. The van der Waals surface area contributed by atoms with Crippen molar-refractivity contribution in [2.45, 2.75) is 44.6 Å². The minimum absolute atomic E-state index is 0.0720. The Kier molecular flexibility index (Phi) is 5.85. The van der Waals surface area contributed by atoms with E-state index in [0.717, 1.165) is 24.7 Å². The third kappa shape index (κ3) is 3.86.